The lowest BCUT2D eigenvalue weighted by atomic mass is 9.91. The molecule has 46 heavy (non-hydrogen) atoms. The van der Waals surface area contributed by atoms with Gasteiger partial charge in [-0.05, 0) is 61.7 Å². The number of nitriles is 1. The molecule has 3 aromatic carbocycles. The third-order valence-electron chi connectivity index (χ3n) is 8.15. The molecule has 2 amide bonds. The summed E-state index contributed by atoms with van der Waals surface area (Å²) < 4.78 is 33.1. The normalized spacial score (nSPS) is 15.0. The number of aromatic nitrogens is 1. The van der Waals surface area contributed by atoms with Crippen molar-refractivity contribution in [2.75, 3.05) is 26.2 Å². The maximum absolute atomic E-state index is 13.7. The lowest BCUT2D eigenvalue weighted by Crippen LogP contribution is -2.49. The number of nitrogens with one attached hydrogen (secondary N) is 3. The van der Waals surface area contributed by atoms with E-state index in [-0.39, 0.29) is 47.6 Å². The Balaban J connectivity index is 1.33. The molecule has 1 fully saturated rings. The molecule has 3 N–H and O–H groups in total. The number of piperidine rings is 1. The summed E-state index contributed by atoms with van der Waals surface area (Å²) in [5, 5.41) is 16.4. The molecular weight excluding hydrogens is 606 g/mol. The van der Waals surface area contributed by atoms with Crippen molar-refractivity contribution in [1.82, 2.24) is 20.9 Å². The molecule has 0 aliphatic carbocycles. The molecule has 1 unspecified atom stereocenters. The Labute approximate surface area is 267 Å². The van der Waals surface area contributed by atoms with Gasteiger partial charge in [0.2, 0.25) is 17.6 Å². The van der Waals surface area contributed by atoms with E-state index < -0.39 is 39.2 Å². The van der Waals surface area contributed by atoms with Crippen LogP contribution in [0.15, 0.2) is 83.3 Å². The van der Waals surface area contributed by atoms with E-state index in [0.29, 0.717) is 42.6 Å². The van der Waals surface area contributed by atoms with Crippen molar-refractivity contribution in [3.05, 3.63) is 101 Å². The van der Waals surface area contributed by atoms with E-state index in [2.05, 4.69) is 20.9 Å². The molecule has 0 bridgehead atoms. The topological polar surface area (TPSA) is 171 Å². The summed E-state index contributed by atoms with van der Waals surface area (Å²) in [5.41, 5.74) is 2.16. The zero-order valence-corrected chi connectivity index (χ0v) is 26.0. The van der Waals surface area contributed by atoms with Gasteiger partial charge < -0.3 is 20.4 Å². The predicted octanol–water partition coefficient (Wildman–Crippen LogP) is 3.27. The highest BCUT2D eigenvalue weighted by atomic mass is 32.2. The van der Waals surface area contributed by atoms with E-state index in [1.165, 1.54) is 12.1 Å². The number of carbonyl (C=O) groups excluding carboxylic acids is 3. The van der Waals surface area contributed by atoms with E-state index >= 15 is 0 Å². The second-order valence-corrected chi connectivity index (χ2v) is 13.4. The Bertz CT molecular complexity index is 1810. The SMILES string of the molecule is N#Cc1ccccc1CS(=O)(=O)[C@H](CNC(=O)C1CCNCC1)C(=O)NCCC(C(=O)c1nc2ccccc2o1)c1ccccc1. The fourth-order valence-electron chi connectivity index (χ4n) is 5.59. The Hall–Kier alpha value is -4.86. The van der Waals surface area contributed by atoms with Crippen LogP contribution in [0.4, 0.5) is 0 Å². The Morgan fingerprint density at radius 2 is 1.65 bits per heavy atom. The first-order chi connectivity index (χ1) is 22.3. The van der Waals surface area contributed by atoms with Crippen LogP contribution in [0.5, 0.6) is 0 Å². The van der Waals surface area contributed by atoms with E-state index in [1.54, 1.807) is 60.7 Å². The monoisotopic (exact) mass is 641 g/mol. The molecule has 4 aromatic rings. The molecule has 2 heterocycles. The Morgan fingerprint density at radius 1 is 0.957 bits per heavy atom. The minimum absolute atomic E-state index is 0.0343. The van der Waals surface area contributed by atoms with Crippen molar-refractivity contribution < 1.29 is 27.2 Å². The molecule has 2 atom stereocenters. The van der Waals surface area contributed by atoms with E-state index in [1.807, 2.05) is 12.1 Å². The fraction of sp³-hybridized carbons (Fsp3) is 0.324. The van der Waals surface area contributed by atoms with Crippen LogP contribution >= 0.6 is 0 Å². The number of ketones is 1. The van der Waals surface area contributed by atoms with Gasteiger partial charge in [-0.1, -0.05) is 60.7 Å². The molecule has 1 aliphatic rings. The summed E-state index contributed by atoms with van der Waals surface area (Å²) in [5.74, 6) is -3.10. The van der Waals surface area contributed by atoms with Gasteiger partial charge in [0.15, 0.2) is 20.7 Å². The minimum atomic E-state index is -4.19. The second kappa shape index (κ2) is 14.9. The highest BCUT2D eigenvalue weighted by molar-refractivity contribution is 7.92. The quantitative estimate of drug-likeness (QED) is 0.185. The summed E-state index contributed by atoms with van der Waals surface area (Å²) >= 11 is 0. The van der Waals surface area contributed by atoms with Crippen molar-refractivity contribution >= 4 is 38.5 Å². The molecule has 1 saturated heterocycles. The summed E-state index contributed by atoms with van der Waals surface area (Å²) in [4.78, 5) is 44.4. The number of hydrogen-bond acceptors (Lipinski definition) is 9. The van der Waals surface area contributed by atoms with Crippen LogP contribution in [0.1, 0.15) is 52.6 Å². The van der Waals surface area contributed by atoms with Gasteiger partial charge in [0.1, 0.15) is 5.52 Å². The van der Waals surface area contributed by atoms with Crippen LogP contribution in [-0.4, -0.2) is 62.4 Å². The lowest BCUT2D eigenvalue weighted by molar-refractivity contribution is -0.126. The Kier molecular flexibility index (Phi) is 10.6. The molecule has 5 rings (SSSR count). The zero-order valence-electron chi connectivity index (χ0n) is 25.1. The van der Waals surface area contributed by atoms with Gasteiger partial charge in [-0.15, -0.1) is 0 Å². The van der Waals surface area contributed by atoms with E-state index in [0.717, 1.165) is 0 Å². The number of sulfone groups is 1. The third kappa shape index (κ3) is 7.85. The van der Waals surface area contributed by atoms with Crippen molar-refractivity contribution in [2.45, 2.75) is 36.2 Å². The molecule has 0 radical (unpaired) electrons. The maximum atomic E-state index is 13.7. The predicted molar refractivity (Wildman–Crippen MR) is 171 cm³/mol. The number of para-hydroxylation sites is 2. The smallest absolute Gasteiger partial charge is 0.264 e. The van der Waals surface area contributed by atoms with Gasteiger partial charge >= 0.3 is 0 Å². The van der Waals surface area contributed by atoms with Gasteiger partial charge in [0.05, 0.1) is 23.3 Å². The first kappa shape index (κ1) is 32.5. The molecule has 11 nitrogen and oxygen atoms in total. The van der Waals surface area contributed by atoms with Crippen LogP contribution in [0.3, 0.4) is 0 Å². The van der Waals surface area contributed by atoms with Crippen LogP contribution in [0.2, 0.25) is 0 Å². The van der Waals surface area contributed by atoms with Gasteiger partial charge in [0, 0.05) is 19.0 Å². The first-order valence-electron chi connectivity index (χ1n) is 15.2. The lowest BCUT2D eigenvalue weighted by Gasteiger charge is -2.24. The van der Waals surface area contributed by atoms with Crippen molar-refractivity contribution in [1.29, 1.82) is 5.26 Å². The molecule has 238 valence electrons. The standard InChI is InChI=1S/C34H35N5O6S/c35-20-25-10-4-5-11-26(25)22-46(43,44)30(21-38-32(41)24-14-17-36-18-15-24)33(42)37-19-16-27(23-8-2-1-3-9-23)31(40)34-39-28-12-6-7-13-29(28)45-34/h1-13,24,27,30,36H,14-19,21-22H2,(H,37,42)(H,38,41)/t27?,30-/m1/s1. The number of amides is 2. The Morgan fingerprint density at radius 3 is 2.39 bits per heavy atom. The average Bonchev–Trinajstić information content (AvgIpc) is 3.52. The summed E-state index contributed by atoms with van der Waals surface area (Å²) in [6.45, 7) is 0.898. The number of oxazole rings is 1. The van der Waals surface area contributed by atoms with Crippen LogP contribution < -0.4 is 16.0 Å². The third-order valence-corrected chi connectivity index (χ3v) is 10.1. The maximum Gasteiger partial charge on any atom is 0.264 e. The minimum Gasteiger partial charge on any atom is -0.434 e. The fourth-order valence-corrected chi connectivity index (χ4v) is 7.22. The second-order valence-electron chi connectivity index (χ2n) is 11.2. The number of benzene rings is 3. The number of fused-ring (bicyclic) bond motifs is 1. The molecule has 0 saturated carbocycles. The van der Waals surface area contributed by atoms with Crippen LogP contribution in [-0.2, 0) is 25.2 Å². The average molecular weight is 642 g/mol. The van der Waals surface area contributed by atoms with Gasteiger partial charge in [-0.2, -0.15) is 5.26 Å². The summed E-state index contributed by atoms with van der Waals surface area (Å²) in [7, 11) is -4.19. The number of carbonyl (C=O) groups is 3. The molecule has 12 heteroatoms. The zero-order chi connectivity index (χ0) is 32.5. The summed E-state index contributed by atoms with van der Waals surface area (Å²) in [6.07, 6.45) is 1.36. The summed E-state index contributed by atoms with van der Waals surface area (Å²) in [6, 6.07) is 24.3. The van der Waals surface area contributed by atoms with Gasteiger partial charge in [-0.25, -0.2) is 13.4 Å². The van der Waals surface area contributed by atoms with Crippen LogP contribution in [0, 0.1) is 17.2 Å². The van der Waals surface area contributed by atoms with Gasteiger partial charge in [-0.3, -0.25) is 14.4 Å². The number of hydrogen-bond donors (Lipinski definition) is 3. The van der Waals surface area contributed by atoms with E-state index in [9.17, 15) is 28.1 Å². The molecule has 1 aliphatic heterocycles. The number of Topliss-reactive ketones (excluding diaryl/α,β-unsaturated/α-hetero) is 1. The van der Waals surface area contributed by atoms with Crippen LogP contribution in [0.25, 0.3) is 11.1 Å². The molecular formula is C34H35N5O6S. The highest BCUT2D eigenvalue weighted by Gasteiger charge is 2.35. The van der Waals surface area contributed by atoms with Gasteiger partial charge in [0.25, 0.3) is 5.89 Å². The van der Waals surface area contributed by atoms with E-state index in [4.69, 9.17) is 4.42 Å². The van der Waals surface area contributed by atoms with Crippen molar-refractivity contribution in [3.63, 3.8) is 0 Å². The van der Waals surface area contributed by atoms with Crippen molar-refractivity contribution in [3.8, 4) is 6.07 Å². The largest absolute Gasteiger partial charge is 0.434 e. The number of nitrogens with zero attached hydrogens (tertiary/aromatic N) is 2. The number of rotatable bonds is 13. The molecule has 1 aromatic heterocycles. The first-order valence-corrected chi connectivity index (χ1v) is 16.9. The molecule has 0 spiro atoms. The highest BCUT2D eigenvalue weighted by Crippen LogP contribution is 2.26. The van der Waals surface area contributed by atoms with Crippen molar-refractivity contribution in [2.24, 2.45) is 5.92 Å².